The van der Waals surface area contributed by atoms with Crippen LogP contribution in [-0.2, 0) is 14.3 Å². The number of hydrogen-bond acceptors (Lipinski definition) is 4. The lowest BCUT2D eigenvalue weighted by Crippen LogP contribution is -2.45. The van der Waals surface area contributed by atoms with E-state index in [4.69, 9.17) is 4.74 Å². The molecule has 2 rings (SSSR count). The minimum Gasteiger partial charge on any atom is -0.455 e. The Labute approximate surface area is 148 Å². The van der Waals surface area contributed by atoms with Crippen LogP contribution in [0.1, 0.15) is 38.7 Å². The van der Waals surface area contributed by atoms with E-state index in [1.54, 1.807) is 0 Å². The molecule has 5 heteroatoms. The summed E-state index contributed by atoms with van der Waals surface area (Å²) in [6.45, 7) is 6.23. The van der Waals surface area contributed by atoms with Crippen molar-refractivity contribution in [2.75, 3.05) is 12.4 Å². The first-order valence-corrected chi connectivity index (χ1v) is 9.59. The lowest BCUT2D eigenvalue weighted by Gasteiger charge is -2.34. The summed E-state index contributed by atoms with van der Waals surface area (Å²) >= 11 is 1.44. The number of benzene rings is 1. The molecule has 1 aliphatic rings. The van der Waals surface area contributed by atoms with E-state index < -0.39 is 0 Å². The van der Waals surface area contributed by atoms with Gasteiger partial charge in [-0.2, -0.15) is 0 Å². The van der Waals surface area contributed by atoms with Crippen molar-refractivity contribution in [2.24, 2.45) is 11.8 Å². The zero-order valence-electron chi connectivity index (χ0n) is 14.7. The number of amides is 1. The van der Waals surface area contributed by atoms with Crippen LogP contribution in [0.25, 0.3) is 0 Å². The van der Waals surface area contributed by atoms with Crippen molar-refractivity contribution in [2.45, 2.75) is 51.0 Å². The fourth-order valence-electron chi connectivity index (χ4n) is 3.08. The van der Waals surface area contributed by atoms with Crippen molar-refractivity contribution in [1.29, 1.82) is 0 Å². The molecule has 0 radical (unpaired) electrons. The molecule has 1 aliphatic carbocycles. The second-order valence-electron chi connectivity index (χ2n) is 6.66. The number of aryl methyl sites for hydroxylation is 1. The molecule has 3 unspecified atom stereocenters. The minimum absolute atomic E-state index is 0.190. The van der Waals surface area contributed by atoms with Crippen molar-refractivity contribution >= 4 is 23.6 Å². The third-order valence-electron chi connectivity index (χ3n) is 4.86. The Morgan fingerprint density at radius 2 is 2.00 bits per heavy atom. The summed E-state index contributed by atoms with van der Waals surface area (Å²) in [5.74, 6) is 0.750. The quantitative estimate of drug-likeness (QED) is 0.630. The van der Waals surface area contributed by atoms with E-state index in [0.29, 0.717) is 11.8 Å². The van der Waals surface area contributed by atoms with Gasteiger partial charge >= 0.3 is 5.97 Å². The van der Waals surface area contributed by atoms with Gasteiger partial charge in [-0.25, -0.2) is 0 Å². The highest BCUT2D eigenvalue weighted by Crippen LogP contribution is 2.29. The first-order valence-electron chi connectivity index (χ1n) is 8.60. The van der Waals surface area contributed by atoms with Crippen molar-refractivity contribution in [1.82, 2.24) is 5.32 Å². The summed E-state index contributed by atoms with van der Waals surface area (Å²) in [6, 6.07) is 8.09. The van der Waals surface area contributed by atoms with Gasteiger partial charge in [0.05, 0.1) is 5.75 Å². The average Bonchev–Trinajstić information content (AvgIpc) is 2.56. The Kier molecular flexibility index (Phi) is 7.16. The van der Waals surface area contributed by atoms with Gasteiger partial charge < -0.3 is 10.1 Å². The summed E-state index contributed by atoms with van der Waals surface area (Å²) in [7, 11) is 0. The summed E-state index contributed by atoms with van der Waals surface area (Å²) in [5.41, 5.74) is 1.13. The SMILES string of the molecule is Cc1ccccc1SCC(=O)OCC(=O)NC1CCCC(C)C1C. The normalized spacial score (nSPS) is 23.5. The van der Waals surface area contributed by atoms with Crippen LogP contribution in [0.2, 0.25) is 0 Å². The maximum atomic E-state index is 12.0. The number of esters is 1. The third-order valence-corrected chi connectivity index (χ3v) is 6.01. The van der Waals surface area contributed by atoms with Gasteiger partial charge in [-0.15, -0.1) is 11.8 Å². The van der Waals surface area contributed by atoms with Crippen molar-refractivity contribution < 1.29 is 14.3 Å². The van der Waals surface area contributed by atoms with Crippen molar-refractivity contribution in [3.8, 4) is 0 Å². The fourth-order valence-corrected chi connectivity index (χ4v) is 3.90. The Morgan fingerprint density at radius 3 is 2.75 bits per heavy atom. The molecule has 0 aliphatic heterocycles. The van der Waals surface area contributed by atoms with Crippen LogP contribution < -0.4 is 5.32 Å². The van der Waals surface area contributed by atoms with E-state index in [0.717, 1.165) is 23.3 Å². The maximum Gasteiger partial charge on any atom is 0.316 e. The molecule has 0 bridgehead atoms. The van der Waals surface area contributed by atoms with E-state index in [2.05, 4.69) is 19.2 Å². The topological polar surface area (TPSA) is 55.4 Å². The van der Waals surface area contributed by atoms with Gasteiger partial charge in [0.1, 0.15) is 0 Å². The molecule has 0 spiro atoms. The molecule has 0 aromatic heterocycles. The van der Waals surface area contributed by atoms with E-state index in [1.807, 2.05) is 31.2 Å². The van der Waals surface area contributed by atoms with E-state index >= 15 is 0 Å². The van der Waals surface area contributed by atoms with Crippen LogP contribution in [0.15, 0.2) is 29.2 Å². The molecule has 1 saturated carbocycles. The van der Waals surface area contributed by atoms with Crippen molar-refractivity contribution in [3.63, 3.8) is 0 Å². The lowest BCUT2D eigenvalue weighted by atomic mass is 9.78. The largest absolute Gasteiger partial charge is 0.455 e. The summed E-state index contributed by atoms with van der Waals surface area (Å²) in [4.78, 5) is 24.9. The Hall–Kier alpha value is -1.49. The molecule has 1 amide bonds. The summed E-state index contributed by atoms with van der Waals surface area (Å²) in [6.07, 6.45) is 3.37. The highest BCUT2D eigenvalue weighted by Gasteiger charge is 2.28. The molecular weight excluding hydrogens is 322 g/mol. The molecular formula is C19H27NO3S. The molecule has 3 atom stereocenters. The van der Waals surface area contributed by atoms with E-state index in [9.17, 15) is 9.59 Å². The number of hydrogen-bond donors (Lipinski definition) is 1. The molecule has 24 heavy (non-hydrogen) atoms. The number of carbonyl (C=O) groups excluding carboxylic acids is 2. The molecule has 1 aromatic carbocycles. The summed E-state index contributed by atoms with van der Waals surface area (Å²) < 4.78 is 5.10. The molecule has 1 N–H and O–H groups in total. The molecule has 4 nitrogen and oxygen atoms in total. The minimum atomic E-state index is -0.358. The number of rotatable bonds is 6. The van der Waals surface area contributed by atoms with Gasteiger partial charge in [0.25, 0.3) is 5.91 Å². The van der Waals surface area contributed by atoms with Crippen molar-refractivity contribution in [3.05, 3.63) is 29.8 Å². The average molecular weight is 349 g/mol. The maximum absolute atomic E-state index is 12.0. The first kappa shape index (κ1) is 18.8. The summed E-state index contributed by atoms with van der Waals surface area (Å²) in [5, 5.41) is 3.01. The predicted octanol–water partition coefficient (Wildman–Crippen LogP) is 3.57. The van der Waals surface area contributed by atoms with Crippen LogP contribution >= 0.6 is 11.8 Å². The predicted molar refractivity (Wildman–Crippen MR) is 97.0 cm³/mol. The Bertz CT molecular complexity index is 575. The number of nitrogens with one attached hydrogen (secondary N) is 1. The third kappa shape index (κ3) is 5.55. The molecule has 0 heterocycles. The Morgan fingerprint density at radius 1 is 1.25 bits per heavy atom. The van der Waals surface area contributed by atoms with Gasteiger partial charge in [0.2, 0.25) is 0 Å². The van der Waals surface area contributed by atoms with Gasteiger partial charge in [-0.05, 0) is 36.8 Å². The monoisotopic (exact) mass is 349 g/mol. The molecule has 1 fully saturated rings. The first-order chi connectivity index (χ1) is 11.5. The molecule has 132 valence electrons. The molecule has 1 aromatic rings. The Balaban J connectivity index is 1.69. The standard InChI is InChI=1S/C19H27NO3S/c1-13-8-6-9-16(15(13)3)20-18(21)11-23-19(22)12-24-17-10-5-4-7-14(17)2/h4-5,7,10,13,15-16H,6,8-9,11-12H2,1-3H3,(H,20,21). The highest BCUT2D eigenvalue weighted by atomic mass is 32.2. The van der Waals surface area contributed by atoms with Crippen LogP contribution in [-0.4, -0.2) is 30.3 Å². The van der Waals surface area contributed by atoms with Crippen LogP contribution in [0.5, 0.6) is 0 Å². The number of carbonyl (C=O) groups is 2. The van der Waals surface area contributed by atoms with Gasteiger partial charge in [-0.1, -0.05) is 44.9 Å². The van der Waals surface area contributed by atoms with E-state index in [1.165, 1.54) is 18.2 Å². The smallest absolute Gasteiger partial charge is 0.316 e. The lowest BCUT2D eigenvalue weighted by molar-refractivity contribution is -0.146. The second kappa shape index (κ2) is 9.11. The number of ether oxygens (including phenoxy) is 1. The molecule has 0 saturated heterocycles. The second-order valence-corrected chi connectivity index (χ2v) is 7.67. The highest BCUT2D eigenvalue weighted by molar-refractivity contribution is 8.00. The zero-order chi connectivity index (χ0) is 17.5. The van der Waals surface area contributed by atoms with Crippen LogP contribution in [0, 0.1) is 18.8 Å². The number of thioether (sulfide) groups is 1. The van der Waals surface area contributed by atoms with Crippen LogP contribution in [0.4, 0.5) is 0 Å². The van der Waals surface area contributed by atoms with Gasteiger partial charge in [0.15, 0.2) is 6.61 Å². The van der Waals surface area contributed by atoms with Gasteiger partial charge in [0, 0.05) is 10.9 Å². The van der Waals surface area contributed by atoms with Gasteiger partial charge in [-0.3, -0.25) is 9.59 Å². The fraction of sp³-hybridized carbons (Fsp3) is 0.579. The zero-order valence-corrected chi connectivity index (χ0v) is 15.5. The van der Waals surface area contributed by atoms with E-state index in [-0.39, 0.29) is 30.3 Å². The van der Waals surface area contributed by atoms with Crippen LogP contribution in [0.3, 0.4) is 0 Å².